The second-order valence-corrected chi connectivity index (χ2v) is 4.08. The van der Waals surface area contributed by atoms with E-state index in [1.165, 1.54) is 0 Å². The van der Waals surface area contributed by atoms with Gasteiger partial charge in [-0.15, -0.1) is 0 Å². The summed E-state index contributed by atoms with van der Waals surface area (Å²) in [6.07, 6.45) is 0.844. The van der Waals surface area contributed by atoms with E-state index in [4.69, 9.17) is 0 Å². The first-order chi connectivity index (χ1) is 6.63. The maximum absolute atomic E-state index is 10.7. The van der Waals surface area contributed by atoms with Gasteiger partial charge < -0.3 is 0 Å². The molecule has 0 saturated heterocycles. The summed E-state index contributed by atoms with van der Waals surface area (Å²) in [7, 11) is 1.89. The van der Waals surface area contributed by atoms with E-state index in [1.807, 2.05) is 24.7 Å². The van der Waals surface area contributed by atoms with Crippen LogP contribution in [0.5, 0.6) is 0 Å². The van der Waals surface area contributed by atoms with Crippen LogP contribution in [0.2, 0.25) is 0 Å². The van der Waals surface area contributed by atoms with E-state index in [-0.39, 0.29) is 0 Å². The van der Waals surface area contributed by atoms with Crippen LogP contribution in [-0.2, 0) is 7.05 Å². The lowest BCUT2D eigenvalue weighted by Crippen LogP contribution is -1.90. The number of carbonyl (C=O) groups is 1. The number of benzene rings is 1. The highest BCUT2D eigenvalue weighted by Gasteiger charge is 2.09. The van der Waals surface area contributed by atoms with E-state index in [1.54, 1.807) is 6.07 Å². The highest BCUT2D eigenvalue weighted by Crippen LogP contribution is 2.26. The second kappa shape index (κ2) is 3.20. The molecule has 4 heteroatoms. The zero-order valence-corrected chi connectivity index (χ0v) is 9.50. The largest absolute Gasteiger partial charge is 0.298 e. The first-order valence-electron chi connectivity index (χ1n) is 4.21. The average molecular weight is 253 g/mol. The van der Waals surface area contributed by atoms with Gasteiger partial charge in [-0.1, -0.05) is 0 Å². The highest BCUT2D eigenvalue weighted by atomic mass is 79.9. The number of nitrogens with zero attached hydrogens (tertiary/aromatic N) is 2. The maximum atomic E-state index is 10.7. The predicted octanol–water partition coefficient (Wildman–Crippen LogP) is 2.46. The van der Waals surface area contributed by atoms with E-state index in [9.17, 15) is 4.79 Å². The van der Waals surface area contributed by atoms with Gasteiger partial charge in [0.15, 0.2) is 0 Å². The Morgan fingerprint density at radius 3 is 2.86 bits per heavy atom. The van der Waals surface area contributed by atoms with Crippen LogP contribution < -0.4 is 0 Å². The SMILES string of the molecule is Cc1nn(C)c2c(Br)cc(C=O)cc12. The lowest BCUT2D eigenvalue weighted by atomic mass is 10.1. The van der Waals surface area contributed by atoms with Gasteiger partial charge in [-0.2, -0.15) is 5.10 Å². The molecule has 72 valence electrons. The monoisotopic (exact) mass is 252 g/mol. The minimum Gasteiger partial charge on any atom is -0.298 e. The van der Waals surface area contributed by atoms with Gasteiger partial charge in [-0.3, -0.25) is 9.48 Å². The molecule has 0 bridgehead atoms. The summed E-state index contributed by atoms with van der Waals surface area (Å²) >= 11 is 3.43. The number of hydrogen-bond donors (Lipinski definition) is 0. The molecule has 0 spiro atoms. The van der Waals surface area contributed by atoms with Crippen LogP contribution in [0.3, 0.4) is 0 Å². The fourth-order valence-corrected chi connectivity index (χ4v) is 2.36. The fourth-order valence-electron chi connectivity index (χ4n) is 1.62. The van der Waals surface area contributed by atoms with Gasteiger partial charge in [0.25, 0.3) is 0 Å². The Bertz CT molecular complexity index is 516. The molecule has 2 aromatic rings. The number of hydrogen-bond acceptors (Lipinski definition) is 2. The lowest BCUT2D eigenvalue weighted by molar-refractivity contribution is 0.112. The molecule has 0 aliphatic rings. The van der Waals surface area contributed by atoms with Crippen molar-refractivity contribution < 1.29 is 4.79 Å². The van der Waals surface area contributed by atoms with Crippen LogP contribution in [0.1, 0.15) is 16.1 Å². The summed E-state index contributed by atoms with van der Waals surface area (Å²) in [4.78, 5) is 10.7. The molecule has 1 aromatic carbocycles. The smallest absolute Gasteiger partial charge is 0.150 e. The molecule has 0 unspecified atom stereocenters. The van der Waals surface area contributed by atoms with Crippen LogP contribution in [-0.4, -0.2) is 16.1 Å². The minimum atomic E-state index is 0.667. The number of rotatable bonds is 1. The predicted molar refractivity (Wildman–Crippen MR) is 58.5 cm³/mol. The third kappa shape index (κ3) is 1.26. The van der Waals surface area contributed by atoms with E-state index >= 15 is 0 Å². The number of aldehydes is 1. The van der Waals surface area contributed by atoms with Crippen molar-refractivity contribution in [3.8, 4) is 0 Å². The molecule has 0 N–H and O–H groups in total. The molecule has 0 fully saturated rings. The lowest BCUT2D eigenvalue weighted by Gasteiger charge is -1.98. The Morgan fingerprint density at radius 1 is 1.50 bits per heavy atom. The molecule has 1 heterocycles. The molecule has 14 heavy (non-hydrogen) atoms. The Balaban J connectivity index is 2.92. The number of fused-ring (bicyclic) bond motifs is 1. The molecule has 0 saturated carbocycles. The van der Waals surface area contributed by atoms with E-state index in [0.29, 0.717) is 5.56 Å². The zero-order chi connectivity index (χ0) is 10.3. The topological polar surface area (TPSA) is 34.9 Å². The van der Waals surface area contributed by atoms with Crippen LogP contribution in [0.4, 0.5) is 0 Å². The molecule has 0 atom stereocenters. The molecule has 0 aliphatic heterocycles. The Morgan fingerprint density at radius 2 is 2.21 bits per heavy atom. The average Bonchev–Trinajstić information content (AvgIpc) is 2.42. The molecular weight excluding hydrogens is 244 g/mol. The summed E-state index contributed by atoms with van der Waals surface area (Å²) in [5.74, 6) is 0. The van der Waals surface area contributed by atoms with Gasteiger partial charge in [0.05, 0.1) is 11.2 Å². The zero-order valence-electron chi connectivity index (χ0n) is 7.91. The van der Waals surface area contributed by atoms with E-state index in [0.717, 1.165) is 27.4 Å². The van der Waals surface area contributed by atoms with Gasteiger partial charge in [-0.05, 0) is 35.0 Å². The van der Waals surface area contributed by atoms with Gasteiger partial charge in [0.2, 0.25) is 0 Å². The van der Waals surface area contributed by atoms with Crippen molar-refractivity contribution >= 4 is 33.1 Å². The van der Waals surface area contributed by atoms with Crippen LogP contribution in [0.25, 0.3) is 10.9 Å². The number of halogens is 1. The van der Waals surface area contributed by atoms with Gasteiger partial charge in [-0.25, -0.2) is 0 Å². The van der Waals surface area contributed by atoms with Crippen LogP contribution >= 0.6 is 15.9 Å². The van der Waals surface area contributed by atoms with Crippen molar-refractivity contribution in [2.24, 2.45) is 7.05 Å². The summed E-state index contributed by atoms with van der Waals surface area (Å²) in [6.45, 7) is 1.93. The second-order valence-electron chi connectivity index (χ2n) is 3.23. The Kier molecular flexibility index (Phi) is 2.15. The van der Waals surface area contributed by atoms with E-state index in [2.05, 4.69) is 21.0 Å². The standard InChI is InChI=1S/C10H9BrN2O/c1-6-8-3-7(5-14)4-9(11)10(8)13(2)12-6/h3-5H,1-2H3. The van der Waals surface area contributed by atoms with Crippen molar-refractivity contribution in [3.63, 3.8) is 0 Å². The molecule has 1 aromatic heterocycles. The fraction of sp³-hybridized carbons (Fsp3) is 0.200. The van der Waals surface area contributed by atoms with Crippen molar-refractivity contribution in [2.45, 2.75) is 6.92 Å². The molecule has 0 aliphatic carbocycles. The van der Waals surface area contributed by atoms with Gasteiger partial charge >= 0.3 is 0 Å². The maximum Gasteiger partial charge on any atom is 0.150 e. The van der Waals surface area contributed by atoms with Gasteiger partial charge in [0, 0.05) is 22.5 Å². The third-order valence-corrected chi connectivity index (χ3v) is 2.84. The van der Waals surface area contributed by atoms with E-state index < -0.39 is 0 Å². The summed E-state index contributed by atoms with van der Waals surface area (Å²) in [5, 5.41) is 5.31. The molecule has 0 radical (unpaired) electrons. The van der Waals surface area contributed by atoms with Crippen molar-refractivity contribution in [1.29, 1.82) is 0 Å². The first-order valence-corrected chi connectivity index (χ1v) is 5.01. The molecular formula is C10H9BrN2O. The van der Waals surface area contributed by atoms with Gasteiger partial charge in [0.1, 0.15) is 6.29 Å². The van der Waals surface area contributed by atoms with Crippen molar-refractivity contribution in [2.75, 3.05) is 0 Å². The van der Waals surface area contributed by atoms with Crippen molar-refractivity contribution in [3.05, 3.63) is 27.9 Å². The Hall–Kier alpha value is -1.16. The highest BCUT2D eigenvalue weighted by molar-refractivity contribution is 9.10. The normalized spacial score (nSPS) is 10.8. The molecule has 2 rings (SSSR count). The van der Waals surface area contributed by atoms with Crippen LogP contribution in [0, 0.1) is 6.92 Å². The quantitative estimate of drug-likeness (QED) is 0.731. The summed E-state index contributed by atoms with van der Waals surface area (Å²) < 4.78 is 2.71. The molecule has 0 amide bonds. The summed E-state index contributed by atoms with van der Waals surface area (Å²) in [6, 6.07) is 3.66. The Labute approximate surface area is 89.8 Å². The number of aryl methyl sites for hydroxylation is 2. The summed E-state index contributed by atoms with van der Waals surface area (Å²) in [5.41, 5.74) is 2.63. The van der Waals surface area contributed by atoms with Crippen LogP contribution in [0.15, 0.2) is 16.6 Å². The number of aromatic nitrogens is 2. The van der Waals surface area contributed by atoms with Crippen molar-refractivity contribution in [1.82, 2.24) is 9.78 Å². The minimum absolute atomic E-state index is 0.667. The third-order valence-electron chi connectivity index (χ3n) is 2.24. The number of carbonyl (C=O) groups excluding carboxylic acids is 1. The molecule has 3 nitrogen and oxygen atoms in total. The first kappa shape index (κ1) is 9.40.